The maximum atomic E-state index is 12.3. The number of carbonyl (C=O) groups is 1. The minimum absolute atomic E-state index is 0.0678. The van der Waals surface area contributed by atoms with Gasteiger partial charge in [0.25, 0.3) is 0 Å². The summed E-state index contributed by atoms with van der Waals surface area (Å²) in [5.41, 5.74) is 0. The summed E-state index contributed by atoms with van der Waals surface area (Å²) in [7, 11) is -4.24. The van der Waals surface area contributed by atoms with E-state index in [2.05, 4.69) is 4.52 Å². The molecule has 19 heavy (non-hydrogen) atoms. The van der Waals surface area contributed by atoms with Crippen LogP contribution in [0.25, 0.3) is 0 Å². The van der Waals surface area contributed by atoms with E-state index in [1.165, 1.54) is 0 Å². The van der Waals surface area contributed by atoms with Crippen LogP contribution in [0, 0.1) is 0 Å². The van der Waals surface area contributed by atoms with Gasteiger partial charge >= 0.3 is 13.8 Å². The van der Waals surface area contributed by atoms with Crippen LogP contribution in [0.5, 0.6) is 0 Å². The minimum atomic E-state index is -4.24. The Labute approximate surface area is 136 Å². The zero-order chi connectivity index (χ0) is 14.9. The van der Waals surface area contributed by atoms with Gasteiger partial charge in [-0.3, -0.25) is 13.8 Å². The van der Waals surface area contributed by atoms with Crippen molar-refractivity contribution in [3.05, 3.63) is 0 Å². The van der Waals surface area contributed by atoms with Crippen LogP contribution in [0.3, 0.4) is 0 Å². The second kappa shape index (κ2) is 10.7. The first-order valence-electron chi connectivity index (χ1n) is 4.93. The van der Waals surface area contributed by atoms with Gasteiger partial charge in [-0.05, 0) is 0 Å². The number of phosphoric acid groups is 1. The Morgan fingerprint density at radius 1 is 0.895 bits per heavy atom. The van der Waals surface area contributed by atoms with Gasteiger partial charge in [-0.25, -0.2) is 4.57 Å². The highest BCUT2D eigenvalue weighted by Gasteiger charge is 2.36. The molecule has 5 nitrogen and oxygen atoms in total. The molecule has 0 radical (unpaired) electrons. The lowest BCUT2D eigenvalue weighted by atomic mass is 10.5. The summed E-state index contributed by atoms with van der Waals surface area (Å²) >= 11 is 27.4. The van der Waals surface area contributed by atoms with Crippen molar-refractivity contribution in [2.24, 2.45) is 0 Å². The number of halogens is 5. The number of hydrogen-bond acceptors (Lipinski definition) is 5. The molecule has 0 rings (SSSR count). The Morgan fingerprint density at radius 2 is 1.26 bits per heavy atom. The lowest BCUT2D eigenvalue weighted by Crippen LogP contribution is -2.23. The van der Waals surface area contributed by atoms with Crippen LogP contribution in [0.15, 0.2) is 0 Å². The monoisotopic (exact) mass is 394 g/mol. The maximum Gasteiger partial charge on any atom is 0.532 e. The van der Waals surface area contributed by atoms with Gasteiger partial charge in [0.05, 0.1) is 35.7 Å². The average molecular weight is 396 g/mol. The van der Waals surface area contributed by atoms with E-state index in [-0.39, 0.29) is 23.5 Å². The fourth-order valence-corrected chi connectivity index (χ4v) is 3.65. The molecule has 0 atom stereocenters. The van der Waals surface area contributed by atoms with E-state index in [1.54, 1.807) is 0 Å². The summed E-state index contributed by atoms with van der Waals surface area (Å²) in [4.78, 5) is 11.1. The largest absolute Gasteiger partial charge is 0.532 e. The molecule has 114 valence electrons. The molecule has 0 aromatic heterocycles. The Kier molecular flexibility index (Phi) is 11.4. The highest BCUT2D eigenvalue weighted by atomic mass is 35.5. The Hall–Kier alpha value is 1.07. The van der Waals surface area contributed by atoms with Gasteiger partial charge < -0.3 is 4.52 Å². The minimum Gasteiger partial charge on any atom is -0.369 e. The molecule has 0 fully saturated rings. The first-order chi connectivity index (χ1) is 8.94. The zero-order valence-electron chi connectivity index (χ0n) is 9.57. The molecule has 0 aliphatic carbocycles. The van der Waals surface area contributed by atoms with Crippen molar-refractivity contribution >= 4 is 71.8 Å². The van der Waals surface area contributed by atoms with E-state index >= 15 is 0 Å². The van der Waals surface area contributed by atoms with Crippen molar-refractivity contribution in [3.63, 3.8) is 0 Å². The molecule has 0 saturated heterocycles. The fraction of sp³-hybridized carbons (Fsp3) is 0.875. The second-order valence-corrected chi connectivity index (χ2v) is 6.12. The summed E-state index contributed by atoms with van der Waals surface area (Å²) in [6, 6.07) is 0. The highest BCUT2D eigenvalue weighted by molar-refractivity contribution is 7.49. The van der Waals surface area contributed by atoms with Crippen molar-refractivity contribution in [1.82, 2.24) is 0 Å². The number of hydrogen-bond donors (Lipinski definition) is 0. The van der Waals surface area contributed by atoms with Crippen molar-refractivity contribution in [2.75, 3.05) is 29.4 Å². The van der Waals surface area contributed by atoms with Gasteiger partial charge in [0.1, 0.15) is 5.88 Å². The van der Waals surface area contributed by atoms with Gasteiger partial charge in [-0.1, -0.05) is 0 Å². The van der Waals surface area contributed by atoms with Crippen LogP contribution in [-0.4, -0.2) is 47.6 Å². The van der Waals surface area contributed by atoms with Gasteiger partial charge in [0.2, 0.25) is 0 Å². The molecule has 0 spiro atoms. The smallest absolute Gasteiger partial charge is 0.369 e. The summed E-state index contributed by atoms with van der Waals surface area (Å²) in [5.74, 6) is -1.77. The molecular formula is C8H12Cl5O5P. The average Bonchev–Trinajstić information content (AvgIpc) is 2.42. The van der Waals surface area contributed by atoms with Crippen molar-refractivity contribution in [2.45, 2.75) is 12.2 Å². The quantitative estimate of drug-likeness (QED) is 0.417. The molecule has 0 aliphatic heterocycles. The van der Waals surface area contributed by atoms with Gasteiger partial charge in [-0.15, -0.1) is 58.0 Å². The third-order valence-corrected chi connectivity index (χ3v) is 4.70. The predicted octanol–water partition coefficient (Wildman–Crippen LogP) is 3.60. The van der Waals surface area contributed by atoms with Crippen LogP contribution in [0.4, 0.5) is 0 Å². The number of alkyl halides is 5. The first kappa shape index (κ1) is 20.1. The third kappa shape index (κ3) is 8.18. The van der Waals surface area contributed by atoms with Crippen LogP contribution >= 0.6 is 65.8 Å². The summed E-state index contributed by atoms with van der Waals surface area (Å²) < 4.78 is 26.8. The second-order valence-electron chi connectivity index (χ2n) is 3.12. The van der Waals surface area contributed by atoms with Gasteiger partial charge in [-0.2, -0.15) is 0 Å². The van der Waals surface area contributed by atoms with E-state index in [0.29, 0.717) is 0 Å². The third-order valence-electron chi connectivity index (χ3n) is 1.57. The first-order valence-corrected chi connectivity index (χ1v) is 9.07. The summed E-state index contributed by atoms with van der Waals surface area (Å²) in [5, 5.41) is 0. The predicted molar refractivity (Wildman–Crippen MR) is 77.0 cm³/mol. The number of carbonyl (C=O) groups excluding carboxylic acids is 1. The van der Waals surface area contributed by atoms with Crippen LogP contribution in [0.1, 0.15) is 0 Å². The lowest BCUT2D eigenvalue weighted by molar-refractivity contribution is -0.133. The van der Waals surface area contributed by atoms with Crippen molar-refractivity contribution < 1.29 is 22.9 Å². The molecule has 11 heteroatoms. The van der Waals surface area contributed by atoms with Gasteiger partial charge in [0.15, 0.2) is 0 Å². The fourth-order valence-electron chi connectivity index (χ4n) is 0.777. The molecule has 0 N–H and O–H groups in total. The topological polar surface area (TPSA) is 61.8 Å². The Balaban J connectivity index is 4.89. The molecule has 0 aromatic rings. The van der Waals surface area contributed by atoms with Crippen molar-refractivity contribution in [1.29, 1.82) is 0 Å². The molecule has 0 bridgehead atoms. The zero-order valence-corrected chi connectivity index (χ0v) is 14.2. The molecule has 0 amide bonds. The molecule has 0 saturated carbocycles. The lowest BCUT2D eigenvalue weighted by Gasteiger charge is -2.23. The van der Waals surface area contributed by atoms with E-state index < -0.39 is 31.9 Å². The SMILES string of the molecule is O=C(CCl)OP(=O)(OC(CCl)CCl)OC(CCl)CCl. The summed E-state index contributed by atoms with van der Waals surface area (Å²) in [6.07, 6.45) is -1.66. The van der Waals surface area contributed by atoms with Gasteiger partial charge in [0, 0.05) is 0 Å². The number of rotatable bonds is 10. The summed E-state index contributed by atoms with van der Waals surface area (Å²) in [6.45, 7) is 0. The maximum absolute atomic E-state index is 12.3. The van der Waals surface area contributed by atoms with E-state index in [9.17, 15) is 9.36 Å². The normalized spacial score (nSPS) is 12.2. The Morgan fingerprint density at radius 3 is 1.53 bits per heavy atom. The van der Waals surface area contributed by atoms with E-state index in [4.69, 9.17) is 67.1 Å². The van der Waals surface area contributed by atoms with E-state index in [0.717, 1.165) is 0 Å². The molecule has 0 unspecified atom stereocenters. The molecular weight excluding hydrogens is 384 g/mol. The highest BCUT2D eigenvalue weighted by Crippen LogP contribution is 2.52. The number of phosphoric ester groups is 1. The molecule has 0 heterocycles. The van der Waals surface area contributed by atoms with Crippen LogP contribution in [0.2, 0.25) is 0 Å². The van der Waals surface area contributed by atoms with Crippen LogP contribution in [-0.2, 0) is 22.9 Å². The van der Waals surface area contributed by atoms with Crippen LogP contribution < -0.4 is 0 Å². The molecule has 0 aliphatic rings. The van der Waals surface area contributed by atoms with Crippen molar-refractivity contribution in [3.8, 4) is 0 Å². The molecule has 0 aromatic carbocycles. The standard InChI is InChI=1S/C8H12Cl5O5P/c9-1-6(2-10)16-19(15,18-8(14)5-13)17-7(3-11)4-12/h6-7H,1-5H2. The Bertz CT molecular complexity index is 292. The van der Waals surface area contributed by atoms with E-state index in [1.807, 2.05) is 0 Å².